The van der Waals surface area contributed by atoms with Crippen molar-refractivity contribution in [2.24, 2.45) is 0 Å². The first-order valence-electron chi connectivity index (χ1n) is 7.25. The first kappa shape index (κ1) is 16.8. The maximum Gasteiger partial charge on any atom is 0.161 e. The first-order chi connectivity index (χ1) is 9.64. The van der Waals surface area contributed by atoms with Gasteiger partial charge < -0.3 is 14.6 Å². The minimum absolute atomic E-state index is 0.262. The quantitative estimate of drug-likeness (QED) is 0.755. The maximum absolute atomic E-state index is 9.83. The molecule has 1 aromatic rings. The van der Waals surface area contributed by atoms with Crippen molar-refractivity contribution in [2.45, 2.75) is 39.3 Å². The first-order valence-corrected chi connectivity index (χ1v) is 7.25. The molecular formula is C16H27NO3. The van der Waals surface area contributed by atoms with Crippen molar-refractivity contribution in [1.82, 2.24) is 4.90 Å². The molecule has 0 saturated carbocycles. The van der Waals surface area contributed by atoms with Crippen LogP contribution in [-0.2, 0) is 6.54 Å². The highest BCUT2D eigenvalue weighted by atomic mass is 16.5. The lowest BCUT2D eigenvalue weighted by Crippen LogP contribution is -2.32. The highest BCUT2D eigenvalue weighted by molar-refractivity contribution is 5.42. The van der Waals surface area contributed by atoms with Crippen LogP contribution in [0.3, 0.4) is 0 Å². The Morgan fingerprint density at radius 2 is 1.85 bits per heavy atom. The Bertz CT molecular complexity index is 395. The third-order valence-corrected chi connectivity index (χ3v) is 3.33. The Labute approximate surface area is 122 Å². The number of hydrogen-bond donors (Lipinski definition) is 1. The molecule has 0 radical (unpaired) electrons. The molecule has 1 aromatic carbocycles. The average molecular weight is 281 g/mol. The number of benzene rings is 1. The molecule has 0 spiro atoms. The molecule has 1 N–H and O–H groups in total. The Kier molecular flexibility index (Phi) is 7.41. The number of ether oxygens (including phenoxy) is 2. The Balaban J connectivity index is 2.77. The number of aliphatic hydroxyl groups excluding tert-OH is 1. The average Bonchev–Trinajstić information content (AvgIpc) is 2.47. The second kappa shape index (κ2) is 8.82. The summed E-state index contributed by atoms with van der Waals surface area (Å²) >= 11 is 0. The van der Waals surface area contributed by atoms with Gasteiger partial charge in [0, 0.05) is 13.1 Å². The topological polar surface area (TPSA) is 41.9 Å². The number of hydrogen-bond acceptors (Lipinski definition) is 4. The predicted octanol–water partition coefficient (Wildman–Crippen LogP) is 2.69. The van der Waals surface area contributed by atoms with E-state index in [1.54, 1.807) is 14.2 Å². The number of methoxy groups -OCH3 is 2. The van der Waals surface area contributed by atoms with Gasteiger partial charge in [0.15, 0.2) is 11.5 Å². The fraction of sp³-hybridized carbons (Fsp3) is 0.625. The predicted molar refractivity (Wildman–Crippen MR) is 81.4 cm³/mol. The smallest absolute Gasteiger partial charge is 0.161 e. The third-order valence-electron chi connectivity index (χ3n) is 3.33. The molecule has 1 rings (SSSR count). The summed E-state index contributed by atoms with van der Waals surface area (Å²) in [7, 11) is 3.28. The summed E-state index contributed by atoms with van der Waals surface area (Å²) in [5.74, 6) is 1.49. The molecule has 20 heavy (non-hydrogen) atoms. The van der Waals surface area contributed by atoms with E-state index < -0.39 is 0 Å². The SMILES string of the molecule is CCCN(Cc1ccc(OC)c(OC)c1)CC(O)CC. The van der Waals surface area contributed by atoms with E-state index in [0.29, 0.717) is 6.54 Å². The van der Waals surface area contributed by atoms with E-state index in [0.717, 1.165) is 37.4 Å². The fourth-order valence-corrected chi connectivity index (χ4v) is 2.22. The van der Waals surface area contributed by atoms with E-state index in [-0.39, 0.29) is 6.10 Å². The number of aliphatic hydroxyl groups is 1. The van der Waals surface area contributed by atoms with Gasteiger partial charge in [-0.05, 0) is 37.1 Å². The lowest BCUT2D eigenvalue weighted by Gasteiger charge is -2.24. The third kappa shape index (κ3) is 5.02. The van der Waals surface area contributed by atoms with Crippen LogP contribution in [0.1, 0.15) is 32.3 Å². The van der Waals surface area contributed by atoms with Gasteiger partial charge >= 0.3 is 0 Å². The summed E-state index contributed by atoms with van der Waals surface area (Å²) in [5, 5.41) is 9.83. The summed E-state index contributed by atoms with van der Waals surface area (Å²) in [6, 6.07) is 5.97. The van der Waals surface area contributed by atoms with Crippen molar-refractivity contribution in [3.05, 3.63) is 23.8 Å². The van der Waals surface area contributed by atoms with Crippen molar-refractivity contribution in [2.75, 3.05) is 27.3 Å². The van der Waals surface area contributed by atoms with Crippen LogP contribution in [0.4, 0.5) is 0 Å². The van der Waals surface area contributed by atoms with Crippen molar-refractivity contribution in [3.8, 4) is 11.5 Å². The zero-order chi connectivity index (χ0) is 15.0. The highest BCUT2D eigenvalue weighted by Gasteiger charge is 2.12. The van der Waals surface area contributed by atoms with E-state index in [1.807, 2.05) is 25.1 Å². The van der Waals surface area contributed by atoms with Crippen LogP contribution in [0.25, 0.3) is 0 Å². The van der Waals surface area contributed by atoms with Gasteiger partial charge in [-0.2, -0.15) is 0 Å². The van der Waals surface area contributed by atoms with Crippen molar-refractivity contribution in [1.29, 1.82) is 0 Å². The standard InChI is InChI=1S/C16H27NO3/c1-5-9-17(12-14(18)6-2)11-13-7-8-15(19-3)16(10-13)20-4/h7-8,10,14,18H,5-6,9,11-12H2,1-4H3. The molecule has 0 aliphatic carbocycles. The number of rotatable bonds is 9. The molecule has 0 saturated heterocycles. The second-order valence-corrected chi connectivity index (χ2v) is 4.99. The summed E-state index contributed by atoms with van der Waals surface area (Å²) in [5.41, 5.74) is 1.17. The lowest BCUT2D eigenvalue weighted by atomic mass is 10.1. The molecule has 114 valence electrons. The van der Waals surface area contributed by atoms with E-state index in [1.165, 1.54) is 5.56 Å². The van der Waals surface area contributed by atoms with Crippen LogP contribution in [-0.4, -0.2) is 43.4 Å². The minimum Gasteiger partial charge on any atom is -0.493 e. The molecule has 1 unspecified atom stereocenters. The molecule has 0 amide bonds. The Morgan fingerprint density at radius 3 is 2.40 bits per heavy atom. The monoisotopic (exact) mass is 281 g/mol. The van der Waals surface area contributed by atoms with Gasteiger partial charge in [-0.25, -0.2) is 0 Å². The molecule has 0 heterocycles. The molecule has 0 aliphatic rings. The Hall–Kier alpha value is -1.26. The van der Waals surface area contributed by atoms with Gasteiger partial charge in [0.05, 0.1) is 20.3 Å². The molecular weight excluding hydrogens is 254 g/mol. The number of nitrogens with zero attached hydrogens (tertiary/aromatic N) is 1. The zero-order valence-electron chi connectivity index (χ0n) is 13.1. The van der Waals surface area contributed by atoms with Crippen LogP contribution < -0.4 is 9.47 Å². The van der Waals surface area contributed by atoms with Crippen molar-refractivity contribution < 1.29 is 14.6 Å². The molecule has 4 heteroatoms. The van der Waals surface area contributed by atoms with Crippen LogP contribution in [0.5, 0.6) is 11.5 Å². The van der Waals surface area contributed by atoms with Gasteiger partial charge in [-0.3, -0.25) is 4.90 Å². The van der Waals surface area contributed by atoms with Crippen molar-refractivity contribution >= 4 is 0 Å². The zero-order valence-corrected chi connectivity index (χ0v) is 13.1. The molecule has 4 nitrogen and oxygen atoms in total. The van der Waals surface area contributed by atoms with Crippen molar-refractivity contribution in [3.63, 3.8) is 0 Å². The largest absolute Gasteiger partial charge is 0.493 e. The Morgan fingerprint density at radius 1 is 1.15 bits per heavy atom. The van der Waals surface area contributed by atoms with E-state index in [4.69, 9.17) is 9.47 Å². The molecule has 0 aromatic heterocycles. The second-order valence-electron chi connectivity index (χ2n) is 4.99. The lowest BCUT2D eigenvalue weighted by molar-refractivity contribution is 0.105. The molecule has 0 aliphatic heterocycles. The summed E-state index contributed by atoms with van der Waals surface area (Å²) < 4.78 is 10.6. The molecule has 0 fully saturated rings. The minimum atomic E-state index is -0.262. The molecule has 1 atom stereocenters. The van der Waals surface area contributed by atoms with Crippen LogP contribution >= 0.6 is 0 Å². The summed E-state index contributed by atoms with van der Waals surface area (Å²) in [6.45, 7) is 6.65. The van der Waals surface area contributed by atoms with Crippen LogP contribution in [0.15, 0.2) is 18.2 Å². The van der Waals surface area contributed by atoms with Gasteiger partial charge in [-0.1, -0.05) is 19.9 Å². The fourth-order valence-electron chi connectivity index (χ4n) is 2.22. The van der Waals surface area contributed by atoms with E-state index >= 15 is 0 Å². The highest BCUT2D eigenvalue weighted by Crippen LogP contribution is 2.28. The van der Waals surface area contributed by atoms with Gasteiger partial charge in [0.2, 0.25) is 0 Å². The van der Waals surface area contributed by atoms with E-state index in [9.17, 15) is 5.11 Å². The summed E-state index contributed by atoms with van der Waals surface area (Å²) in [6.07, 6.45) is 1.59. The maximum atomic E-state index is 9.83. The van der Waals surface area contributed by atoms with E-state index in [2.05, 4.69) is 11.8 Å². The van der Waals surface area contributed by atoms with Crippen LogP contribution in [0.2, 0.25) is 0 Å². The summed E-state index contributed by atoms with van der Waals surface area (Å²) in [4.78, 5) is 2.27. The van der Waals surface area contributed by atoms with Gasteiger partial charge in [-0.15, -0.1) is 0 Å². The molecule has 0 bridgehead atoms. The van der Waals surface area contributed by atoms with Crippen LogP contribution in [0, 0.1) is 0 Å². The van der Waals surface area contributed by atoms with Gasteiger partial charge in [0.25, 0.3) is 0 Å². The normalized spacial score (nSPS) is 12.5. The van der Waals surface area contributed by atoms with Gasteiger partial charge in [0.1, 0.15) is 0 Å².